The van der Waals surface area contributed by atoms with Gasteiger partial charge in [-0.2, -0.15) is 0 Å². The van der Waals surface area contributed by atoms with Crippen LogP contribution >= 0.6 is 0 Å². The molecule has 1 aliphatic heterocycles. The van der Waals surface area contributed by atoms with Crippen LogP contribution in [0, 0.1) is 0 Å². The van der Waals surface area contributed by atoms with Crippen LogP contribution in [0.15, 0.2) is 53.1 Å². The van der Waals surface area contributed by atoms with E-state index in [-0.39, 0.29) is 23.4 Å². The van der Waals surface area contributed by atoms with Gasteiger partial charge in [0.1, 0.15) is 23.0 Å². The van der Waals surface area contributed by atoms with Gasteiger partial charge in [-0.25, -0.2) is 0 Å². The summed E-state index contributed by atoms with van der Waals surface area (Å²) in [5, 5.41) is 20.8. The van der Waals surface area contributed by atoms with Crippen molar-refractivity contribution in [2.75, 3.05) is 34.3 Å². The first-order chi connectivity index (χ1) is 17.2. The molecule has 1 aromatic heterocycles. The number of nitrogens with zero attached hydrogens (tertiary/aromatic N) is 3. The van der Waals surface area contributed by atoms with Crippen molar-refractivity contribution in [3.05, 3.63) is 76.7 Å². The van der Waals surface area contributed by atoms with E-state index in [9.17, 15) is 19.8 Å². The molecule has 2 aromatic carbocycles. The van der Waals surface area contributed by atoms with Gasteiger partial charge >= 0.3 is 0 Å². The number of fused-ring (bicyclic) bond motifs is 1. The van der Waals surface area contributed by atoms with Crippen molar-refractivity contribution in [1.29, 1.82) is 0 Å². The predicted molar refractivity (Wildman–Crippen MR) is 133 cm³/mol. The molecule has 2 heterocycles. The predicted octanol–water partition coefficient (Wildman–Crippen LogP) is 3.45. The van der Waals surface area contributed by atoms with Gasteiger partial charge in [-0.15, -0.1) is 0 Å². The fraction of sp³-hybridized carbons (Fsp3) is 0.333. The molecule has 36 heavy (non-hydrogen) atoms. The first-order valence-electron chi connectivity index (χ1n) is 11.8. The lowest BCUT2D eigenvalue weighted by Crippen LogP contribution is -2.28. The number of phenols is 2. The zero-order valence-corrected chi connectivity index (χ0v) is 20.7. The fourth-order valence-corrected chi connectivity index (χ4v) is 4.18. The first-order valence-corrected chi connectivity index (χ1v) is 11.8. The quantitative estimate of drug-likeness (QED) is 0.440. The van der Waals surface area contributed by atoms with Gasteiger partial charge in [0.15, 0.2) is 0 Å². The Labute approximate surface area is 210 Å². The van der Waals surface area contributed by atoms with Crippen LogP contribution in [0.5, 0.6) is 17.2 Å². The number of aromatic hydroxyl groups is 2. The summed E-state index contributed by atoms with van der Waals surface area (Å²) in [6.45, 7) is 2.46. The van der Waals surface area contributed by atoms with Crippen LogP contribution in [0.25, 0.3) is 0 Å². The third-order valence-electron chi connectivity index (χ3n) is 6.10. The number of benzene rings is 2. The average molecular weight is 494 g/mol. The second-order valence-electron chi connectivity index (χ2n) is 9.22. The van der Waals surface area contributed by atoms with Crippen molar-refractivity contribution in [3.63, 3.8) is 0 Å². The molecule has 0 fully saturated rings. The highest BCUT2D eigenvalue weighted by Gasteiger charge is 2.29. The topological polar surface area (TPSA) is 107 Å². The van der Waals surface area contributed by atoms with Gasteiger partial charge in [0.05, 0.1) is 30.5 Å². The maximum Gasteiger partial charge on any atom is 0.258 e. The molecule has 9 heteroatoms. The van der Waals surface area contributed by atoms with E-state index < -0.39 is 17.6 Å². The molecule has 2 N–H and O–H groups in total. The highest BCUT2D eigenvalue weighted by Crippen LogP contribution is 2.33. The lowest BCUT2D eigenvalue weighted by molar-refractivity contribution is 0.0748. The molecular formula is C27H31N3O6. The molecule has 0 aliphatic carbocycles. The van der Waals surface area contributed by atoms with Crippen LogP contribution in [-0.2, 0) is 19.6 Å². The molecule has 0 atom stereocenters. The molecule has 3 aromatic rings. The molecule has 0 saturated carbocycles. The molecular weight excluding hydrogens is 462 g/mol. The van der Waals surface area contributed by atoms with Crippen molar-refractivity contribution in [2.45, 2.75) is 26.1 Å². The highest BCUT2D eigenvalue weighted by molar-refractivity contribution is 6.03. The van der Waals surface area contributed by atoms with Gasteiger partial charge in [-0.1, -0.05) is 6.07 Å². The Morgan fingerprint density at radius 1 is 1.00 bits per heavy atom. The highest BCUT2D eigenvalue weighted by atomic mass is 16.5. The van der Waals surface area contributed by atoms with E-state index in [1.54, 1.807) is 24.1 Å². The summed E-state index contributed by atoms with van der Waals surface area (Å²) >= 11 is 0. The Kier molecular flexibility index (Phi) is 7.49. The maximum atomic E-state index is 13.3. The van der Waals surface area contributed by atoms with E-state index >= 15 is 0 Å². The third-order valence-corrected chi connectivity index (χ3v) is 6.10. The Balaban J connectivity index is 1.46. The number of carbonyl (C=O) groups is 2. The number of furan rings is 1. The van der Waals surface area contributed by atoms with Crippen LogP contribution in [0.2, 0.25) is 0 Å². The van der Waals surface area contributed by atoms with Crippen molar-refractivity contribution >= 4 is 11.8 Å². The number of hydrogen-bond donors (Lipinski definition) is 2. The minimum atomic E-state index is -0.501. The second kappa shape index (κ2) is 10.7. The zero-order chi connectivity index (χ0) is 25.8. The average Bonchev–Trinajstić information content (AvgIpc) is 3.50. The van der Waals surface area contributed by atoms with Gasteiger partial charge in [0.25, 0.3) is 11.8 Å². The van der Waals surface area contributed by atoms with Crippen molar-refractivity contribution in [2.24, 2.45) is 0 Å². The van der Waals surface area contributed by atoms with Gasteiger partial charge < -0.3 is 34.1 Å². The van der Waals surface area contributed by atoms with Crippen LogP contribution in [0.3, 0.4) is 0 Å². The van der Waals surface area contributed by atoms with E-state index in [0.29, 0.717) is 25.5 Å². The van der Waals surface area contributed by atoms with Crippen molar-refractivity contribution in [1.82, 2.24) is 14.7 Å². The van der Waals surface area contributed by atoms with Gasteiger partial charge in [-0.3, -0.25) is 9.59 Å². The molecule has 0 unspecified atom stereocenters. The Morgan fingerprint density at radius 3 is 2.47 bits per heavy atom. The molecule has 0 spiro atoms. The summed E-state index contributed by atoms with van der Waals surface area (Å²) < 4.78 is 11.1. The molecule has 2 amide bonds. The summed E-state index contributed by atoms with van der Waals surface area (Å²) in [6, 6.07) is 11.5. The number of phenolic OH excluding ortho intramolecular Hbond substituents is 2. The minimum absolute atomic E-state index is 0.0458. The Morgan fingerprint density at radius 2 is 1.75 bits per heavy atom. The normalized spacial score (nSPS) is 12.6. The minimum Gasteiger partial charge on any atom is -0.507 e. The largest absolute Gasteiger partial charge is 0.507 e. The van der Waals surface area contributed by atoms with E-state index in [0.717, 1.165) is 35.9 Å². The number of carbonyl (C=O) groups excluding carboxylic acids is 2. The molecule has 4 rings (SSSR count). The molecule has 0 saturated heterocycles. The third kappa shape index (κ3) is 5.63. The fourth-order valence-electron chi connectivity index (χ4n) is 4.18. The standard InChI is InChI=1S/C27H31N3O6/c1-28(2)9-5-11-35-20-8-7-18-15-30(16-19(18)12-20)27(34)23-13-22(24(31)14-25(23)32)26(33)29(3)17-21-6-4-10-36-21/h4,6-8,10,12-14,31-32H,5,9,11,15-17H2,1-3H3. The van der Waals surface area contributed by atoms with E-state index in [1.165, 1.54) is 17.2 Å². The lowest BCUT2D eigenvalue weighted by Gasteiger charge is -2.19. The Bertz CT molecular complexity index is 1240. The zero-order valence-electron chi connectivity index (χ0n) is 20.7. The van der Waals surface area contributed by atoms with Gasteiger partial charge in [0.2, 0.25) is 0 Å². The van der Waals surface area contributed by atoms with E-state index in [2.05, 4.69) is 4.90 Å². The molecule has 0 radical (unpaired) electrons. The first kappa shape index (κ1) is 25.1. The van der Waals surface area contributed by atoms with Crippen molar-refractivity contribution < 1.29 is 29.0 Å². The summed E-state index contributed by atoms with van der Waals surface area (Å²) in [6.07, 6.45) is 2.42. The molecule has 9 nitrogen and oxygen atoms in total. The molecule has 190 valence electrons. The summed E-state index contributed by atoms with van der Waals surface area (Å²) in [5.74, 6) is -0.388. The summed E-state index contributed by atoms with van der Waals surface area (Å²) in [5.41, 5.74) is 1.85. The number of amides is 2. The van der Waals surface area contributed by atoms with E-state index in [4.69, 9.17) is 9.15 Å². The SMILES string of the molecule is CN(C)CCCOc1ccc2c(c1)CN(C(=O)c1cc(C(=O)N(C)Cc3ccco3)c(O)cc1O)C2. The summed E-state index contributed by atoms with van der Waals surface area (Å²) in [4.78, 5) is 31.3. The molecule has 0 bridgehead atoms. The smallest absolute Gasteiger partial charge is 0.258 e. The van der Waals surface area contributed by atoms with Gasteiger partial charge in [0, 0.05) is 32.7 Å². The van der Waals surface area contributed by atoms with Crippen LogP contribution in [0.4, 0.5) is 0 Å². The number of ether oxygens (including phenoxy) is 1. The van der Waals surface area contributed by atoms with Crippen LogP contribution < -0.4 is 4.74 Å². The van der Waals surface area contributed by atoms with Crippen molar-refractivity contribution in [3.8, 4) is 17.2 Å². The monoisotopic (exact) mass is 493 g/mol. The van der Waals surface area contributed by atoms with Crippen LogP contribution in [-0.4, -0.2) is 71.0 Å². The second-order valence-corrected chi connectivity index (χ2v) is 9.22. The number of hydrogen-bond acceptors (Lipinski definition) is 7. The van der Waals surface area contributed by atoms with Gasteiger partial charge in [-0.05, 0) is 62.0 Å². The van der Waals surface area contributed by atoms with E-state index in [1.807, 2.05) is 32.3 Å². The summed E-state index contributed by atoms with van der Waals surface area (Å²) in [7, 11) is 5.60. The molecule has 1 aliphatic rings. The number of rotatable bonds is 9. The Hall–Kier alpha value is -3.98. The lowest BCUT2D eigenvalue weighted by atomic mass is 10.1. The van der Waals surface area contributed by atoms with Crippen LogP contribution in [0.1, 0.15) is 44.0 Å². The maximum absolute atomic E-state index is 13.3.